The molecule has 0 spiro atoms. The number of nitro groups is 1. The molecule has 0 radical (unpaired) electrons. The summed E-state index contributed by atoms with van der Waals surface area (Å²) in [4.78, 5) is 10.6. The summed E-state index contributed by atoms with van der Waals surface area (Å²) in [5.41, 5.74) is 1.81. The molecule has 2 aromatic rings. The van der Waals surface area contributed by atoms with E-state index in [1.807, 2.05) is 0 Å². The topological polar surface area (TPSA) is 89.3 Å². The Balaban J connectivity index is 2.25. The minimum absolute atomic E-state index is 0.0335. The van der Waals surface area contributed by atoms with E-state index in [1.165, 1.54) is 12.3 Å². The van der Waals surface area contributed by atoms with E-state index < -0.39 is 14.8 Å². The summed E-state index contributed by atoms with van der Waals surface area (Å²) in [5.74, 6) is -0.0641. The fraction of sp³-hybridized carbons (Fsp3) is 0.200. The Labute approximate surface area is 142 Å². The van der Waals surface area contributed by atoms with Crippen LogP contribution >= 0.6 is 15.9 Å². The number of anilines is 1. The van der Waals surface area contributed by atoms with Gasteiger partial charge in [-0.1, -0.05) is 40.2 Å². The number of benzene rings is 2. The first kappa shape index (κ1) is 17.4. The number of halogens is 1. The van der Waals surface area contributed by atoms with Crippen LogP contribution in [0.4, 0.5) is 11.4 Å². The summed E-state index contributed by atoms with van der Waals surface area (Å²) in [6.07, 6.45) is 1.18. The zero-order valence-electron chi connectivity index (χ0n) is 12.3. The number of hydrogen-bond donors (Lipinski definition) is 1. The van der Waals surface area contributed by atoms with Gasteiger partial charge in [0.1, 0.15) is 5.69 Å². The molecule has 0 unspecified atom stereocenters. The number of sulfone groups is 1. The lowest BCUT2D eigenvalue weighted by Crippen LogP contribution is -2.08. The van der Waals surface area contributed by atoms with Crippen molar-refractivity contribution < 1.29 is 13.3 Å². The van der Waals surface area contributed by atoms with Gasteiger partial charge in [-0.2, -0.15) is 0 Å². The van der Waals surface area contributed by atoms with Gasteiger partial charge in [0.05, 0.1) is 10.7 Å². The van der Waals surface area contributed by atoms with Crippen molar-refractivity contribution in [3.8, 4) is 0 Å². The Kier molecular flexibility index (Phi) is 5.38. The number of hydrogen-bond acceptors (Lipinski definition) is 5. The highest BCUT2D eigenvalue weighted by Gasteiger charge is 2.14. The molecule has 0 fully saturated rings. The van der Waals surface area contributed by atoms with Crippen molar-refractivity contribution in [3.05, 3.63) is 68.2 Å². The molecule has 0 atom stereocenters. The fourth-order valence-electron chi connectivity index (χ4n) is 2.15. The van der Waals surface area contributed by atoms with E-state index in [0.29, 0.717) is 17.8 Å². The summed E-state index contributed by atoms with van der Waals surface area (Å²) in [6.45, 7) is 0.295. The molecule has 0 aliphatic rings. The van der Waals surface area contributed by atoms with Crippen LogP contribution in [-0.2, 0) is 22.1 Å². The number of nitrogens with one attached hydrogen (secondary N) is 1. The lowest BCUT2D eigenvalue weighted by Gasteiger charge is -2.11. The van der Waals surface area contributed by atoms with Gasteiger partial charge < -0.3 is 5.32 Å². The Morgan fingerprint density at radius 2 is 1.83 bits per heavy atom. The third-order valence-corrected chi connectivity index (χ3v) is 4.49. The van der Waals surface area contributed by atoms with Gasteiger partial charge in [-0.15, -0.1) is 0 Å². The van der Waals surface area contributed by atoms with Crippen molar-refractivity contribution in [1.82, 2.24) is 0 Å². The highest BCUT2D eigenvalue weighted by atomic mass is 79.9. The largest absolute Gasteiger partial charge is 0.375 e. The van der Waals surface area contributed by atoms with Crippen LogP contribution in [0.1, 0.15) is 11.1 Å². The van der Waals surface area contributed by atoms with Gasteiger partial charge in [0.15, 0.2) is 9.84 Å². The number of nitrogens with zero attached hydrogens (tertiary/aromatic N) is 1. The maximum absolute atomic E-state index is 11.5. The molecular formula is C15H15BrN2O4S. The Hall–Kier alpha value is -1.93. The van der Waals surface area contributed by atoms with Gasteiger partial charge in [-0.25, -0.2) is 8.42 Å². The summed E-state index contributed by atoms with van der Waals surface area (Å²) >= 11 is 3.28. The second kappa shape index (κ2) is 7.10. The van der Waals surface area contributed by atoms with Gasteiger partial charge in [0.25, 0.3) is 5.69 Å². The standard InChI is InChI=1S/C15H15BrN2O4S/c1-23(21,22)10-12-5-3-2-4-11(12)9-17-14-8-13(16)6-7-15(14)18(19)20/h2-8,17H,9-10H2,1H3. The van der Waals surface area contributed by atoms with Crippen molar-refractivity contribution in [2.24, 2.45) is 0 Å². The van der Waals surface area contributed by atoms with E-state index in [2.05, 4.69) is 21.2 Å². The second-order valence-corrected chi connectivity index (χ2v) is 8.17. The lowest BCUT2D eigenvalue weighted by molar-refractivity contribution is -0.384. The predicted molar refractivity (Wildman–Crippen MR) is 93.1 cm³/mol. The minimum atomic E-state index is -3.15. The number of rotatable bonds is 6. The summed E-state index contributed by atoms with van der Waals surface area (Å²) < 4.78 is 23.7. The summed E-state index contributed by atoms with van der Waals surface area (Å²) in [7, 11) is -3.15. The SMILES string of the molecule is CS(=O)(=O)Cc1ccccc1CNc1cc(Br)ccc1[N+](=O)[O-]. The maximum atomic E-state index is 11.5. The van der Waals surface area contributed by atoms with Gasteiger partial charge in [0.2, 0.25) is 0 Å². The first-order chi connectivity index (χ1) is 10.8. The van der Waals surface area contributed by atoms with E-state index >= 15 is 0 Å². The molecule has 23 heavy (non-hydrogen) atoms. The minimum Gasteiger partial charge on any atom is -0.375 e. The maximum Gasteiger partial charge on any atom is 0.292 e. The first-order valence-electron chi connectivity index (χ1n) is 6.68. The Morgan fingerprint density at radius 3 is 2.43 bits per heavy atom. The van der Waals surface area contributed by atoms with Crippen LogP contribution in [0.5, 0.6) is 0 Å². The monoisotopic (exact) mass is 398 g/mol. The first-order valence-corrected chi connectivity index (χ1v) is 9.54. The normalized spacial score (nSPS) is 11.2. The molecule has 6 nitrogen and oxygen atoms in total. The van der Waals surface area contributed by atoms with Crippen molar-refractivity contribution >= 4 is 37.1 Å². The van der Waals surface area contributed by atoms with E-state index in [9.17, 15) is 18.5 Å². The van der Waals surface area contributed by atoms with Gasteiger partial charge in [0, 0.05) is 23.3 Å². The molecule has 122 valence electrons. The Bertz CT molecular complexity index is 837. The van der Waals surface area contributed by atoms with E-state index in [0.717, 1.165) is 10.0 Å². The van der Waals surface area contributed by atoms with Crippen LogP contribution in [0.15, 0.2) is 46.9 Å². The summed E-state index contributed by atoms with van der Waals surface area (Å²) in [5, 5.41) is 14.1. The van der Waals surface area contributed by atoms with Crippen LogP contribution in [0.3, 0.4) is 0 Å². The lowest BCUT2D eigenvalue weighted by atomic mass is 10.1. The Morgan fingerprint density at radius 1 is 1.17 bits per heavy atom. The number of nitro benzene ring substituents is 1. The van der Waals surface area contributed by atoms with Gasteiger partial charge >= 0.3 is 0 Å². The van der Waals surface area contributed by atoms with Crippen LogP contribution in [-0.4, -0.2) is 19.6 Å². The van der Waals surface area contributed by atoms with Crippen LogP contribution in [0.25, 0.3) is 0 Å². The van der Waals surface area contributed by atoms with Crippen LogP contribution in [0.2, 0.25) is 0 Å². The van der Waals surface area contributed by atoms with Crippen LogP contribution < -0.4 is 5.32 Å². The molecule has 0 bridgehead atoms. The molecule has 2 rings (SSSR count). The molecule has 0 amide bonds. The van der Waals surface area contributed by atoms with E-state index in [4.69, 9.17) is 0 Å². The predicted octanol–water partition coefficient (Wildman–Crippen LogP) is 3.51. The average Bonchev–Trinajstić information content (AvgIpc) is 2.44. The second-order valence-electron chi connectivity index (χ2n) is 5.11. The molecule has 1 N–H and O–H groups in total. The molecule has 8 heteroatoms. The van der Waals surface area contributed by atoms with Crippen molar-refractivity contribution in [3.63, 3.8) is 0 Å². The highest BCUT2D eigenvalue weighted by molar-refractivity contribution is 9.10. The van der Waals surface area contributed by atoms with E-state index in [-0.39, 0.29) is 11.4 Å². The zero-order chi connectivity index (χ0) is 17.0. The van der Waals surface area contributed by atoms with Crippen molar-refractivity contribution in [1.29, 1.82) is 0 Å². The van der Waals surface area contributed by atoms with E-state index in [1.54, 1.807) is 36.4 Å². The third-order valence-electron chi connectivity index (χ3n) is 3.16. The van der Waals surface area contributed by atoms with Crippen LogP contribution in [0, 0.1) is 10.1 Å². The molecular weight excluding hydrogens is 384 g/mol. The zero-order valence-corrected chi connectivity index (χ0v) is 14.7. The van der Waals surface area contributed by atoms with Gasteiger partial charge in [-0.05, 0) is 23.3 Å². The third kappa shape index (κ3) is 5.04. The molecule has 0 aliphatic carbocycles. The molecule has 0 saturated carbocycles. The smallest absolute Gasteiger partial charge is 0.292 e. The quantitative estimate of drug-likeness (QED) is 0.593. The fourth-order valence-corrected chi connectivity index (χ4v) is 3.36. The molecule has 0 saturated heterocycles. The highest BCUT2D eigenvalue weighted by Crippen LogP contribution is 2.28. The van der Waals surface area contributed by atoms with Gasteiger partial charge in [-0.3, -0.25) is 10.1 Å². The average molecular weight is 399 g/mol. The molecule has 2 aromatic carbocycles. The van der Waals surface area contributed by atoms with Crippen molar-refractivity contribution in [2.75, 3.05) is 11.6 Å². The molecule has 0 heterocycles. The molecule has 0 aliphatic heterocycles. The van der Waals surface area contributed by atoms with Crippen molar-refractivity contribution in [2.45, 2.75) is 12.3 Å². The summed E-state index contributed by atoms with van der Waals surface area (Å²) in [6, 6.07) is 11.8. The molecule has 0 aromatic heterocycles.